The molecule has 1 heterocycles. The van der Waals surface area contributed by atoms with Crippen LogP contribution in [0.2, 0.25) is 0 Å². The van der Waals surface area contributed by atoms with Crippen LogP contribution in [0.15, 0.2) is 11.6 Å². The molecule has 0 bridgehead atoms. The van der Waals surface area contributed by atoms with Gasteiger partial charge in [0, 0.05) is 24.7 Å². The summed E-state index contributed by atoms with van der Waals surface area (Å²) < 4.78 is 5.38. The highest BCUT2D eigenvalue weighted by Crippen LogP contribution is 2.11. The number of ether oxygens (including phenoxy) is 1. The summed E-state index contributed by atoms with van der Waals surface area (Å²) >= 11 is 5.37. The number of halogens is 1. The summed E-state index contributed by atoms with van der Waals surface area (Å²) in [6.45, 7) is 3.81. The summed E-state index contributed by atoms with van der Waals surface area (Å²) in [5.41, 5.74) is 1.54. The predicted octanol–water partition coefficient (Wildman–Crippen LogP) is 1.51. The summed E-state index contributed by atoms with van der Waals surface area (Å²) in [4.78, 5) is 0. The third-order valence-corrected chi connectivity index (χ3v) is 2.14. The predicted molar refractivity (Wildman–Crippen MR) is 46.8 cm³/mol. The van der Waals surface area contributed by atoms with E-state index in [0.29, 0.717) is 12.1 Å². The lowest BCUT2D eigenvalue weighted by molar-refractivity contribution is 0.114. The maximum Gasteiger partial charge on any atom is 0.0700 e. The zero-order valence-corrected chi connectivity index (χ0v) is 7.47. The van der Waals surface area contributed by atoms with Crippen molar-refractivity contribution >= 4 is 11.6 Å². The Hall–Kier alpha value is -0.0500. The van der Waals surface area contributed by atoms with Crippen LogP contribution in [0.3, 0.4) is 0 Å². The number of hydrogen-bond donors (Lipinski definition) is 1. The van der Waals surface area contributed by atoms with E-state index in [1.807, 2.05) is 6.08 Å². The van der Waals surface area contributed by atoms with E-state index in [1.54, 1.807) is 0 Å². The molecule has 0 spiro atoms. The van der Waals surface area contributed by atoms with Gasteiger partial charge in [0.15, 0.2) is 0 Å². The maximum atomic E-state index is 5.38. The second kappa shape index (κ2) is 4.75. The molecule has 0 aromatic rings. The number of rotatable bonds is 3. The fraction of sp³-hybridized carbons (Fsp3) is 0.750. The molecule has 1 aliphatic rings. The first-order chi connectivity index (χ1) is 5.34. The highest BCUT2D eigenvalue weighted by Gasteiger charge is 2.22. The van der Waals surface area contributed by atoms with Crippen molar-refractivity contribution in [2.75, 3.05) is 13.2 Å². The van der Waals surface area contributed by atoms with E-state index in [-0.39, 0.29) is 0 Å². The normalized spacial score (nSPS) is 31.8. The van der Waals surface area contributed by atoms with Gasteiger partial charge in [-0.25, -0.2) is 0 Å². The van der Waals surface area contributed by atoms with Crippen molar-refractivity contribution in [3.05, 3.63) is 11.6 Å². The van der Waals surface area contributed by atoms with E-state index in [1.165, 1.54) is 5.54 Å². The van der Waals surface area contributed by atoms with Gasteiger partial charge in [0.05, 0.1) is 6.10 Å². The zero-order valence-electron chi connectivity index (χ0n) is 6.72. The van der Waals surface area contributed by atoms with Crippen LogP contribution >= 0.6 is 11.6 Å². The molecule has 1 aliphatic heterocycles. The molecule has 1 fully saturated rings. The van der Waals surface area contributed by atoms with Crippen LogP contribution in [0, 0.1) is 0 Å². The van der Waals surface area contributed by atoms with Gasteiger partial charge in [0.25, 0.3) is 0 Å². The molecule has 0 amide bonds. The first-order valence-corrected chi connectivity index (χ1v) is 4.38. The SMILES string of the molecule is CC1OCCC1NC/C=C/Cl. The largest absolute Gasteiger partial charge is 0.377 e. The van der Waals surface area contributed by atoms with Crippen molar-refractivity contribution in [3.63, 3.8) is 0 Å². The van der Waals surface area contributed by atoms with Gasteiger partial charge in [-0.2, -0.15) is 0 Å². The summed E-state index contributed by atoms with van der Waals surface area (Å²) in [7, 11) is 0. The van der Waals surface area contributed by atoms with Crippen LogP contribution in [0.1, 0.15) is 13.3 Å². The Bertz CT molecular complexity index is 138. The highest BCUT2D eigenvalue weighted by molar-refractivity contribution is 6.25. The molecular weight excluding hydrogens is 162 g/mol. The van der Waals surface area contributed by atoms with Gasteiger partial charge in [-0.15, -0.1) is 0 Å². The molecule has 0 radical (unpaired) electrons. The molecule has 64 valence electrons. The minimum atomic E-state index is 0.346. The summed E-state index contributed by atoms with van der Waals surface area (Å²) in [5, 5.41) is 3.34. The first-order valence-electron chi connectivity index (χ1n) is 3.95. The Morgan fingerprint density at radius 3 is 3.09 bits per heavy atom. The van der Waals surface area contributed by atoms with Gasteiger partial charge < -0.3 is 10.1 Å². The minimum absolute atomic E-state index is 0.346. The topological polar surface area (TPSA) is 21.3 Å². The molecule has 3 heteroatoms. The zero-order chi connectivity index (χ0) is 8.10. The summed E-state index contributed by atoms with van der Waals surface area (Å²) in [6, 6.07) is 0.503. The van der Waals surface area contributed by atoms with Crippen LogP contribution in [-0.2, 0) is 4.74 Å². The molecule has 2 nitrogen and oxygen atoms in total. The maximum absolute atomic E-state index is 5.38. The van der Waals surface area contributed by atoms with E-state index in [0.717, 1.165) is 19.6 Å². The fourth-order valence-corrected chi connectivity index (χ4v) is 1.35. The lowest BCUT2D eigenvalue weighted by Gasteiger charge is -2.13. The Morgan fingerprint density at radius 2 is 2.55 bits per heavy atom. The van der Waals surface area contributed by atoms with Crippen molar-refractivity contribution in [2.45, 2.75) is 25.5 Å². The standard InChI is InChI=1S/C8H14ClNO/c1-7-8(3-6-11-7)10-5-2-4-9/h2,4,7-8,10H,3,5-6H2,1H3/b4-2+. The second-order valence-electron chi connectivity index (χ2n) is 2.74. The van der Waals surface area contributed by atoms with E-state index in [9.17, 15) is 0 Å². The third kappa shape index (κ3) is 2.81. The van der Waals surface area contributed by atoms with E-state index < -0.39 is 0 Å². The van der Waals surface area contributed by atoms with Gasteiger partial charge in [-0.1, -0.05) is 17.7 Å². The van der Waals surface area contributed by atoms with Crippen LogP contribution in [0.5, 0.6) is 0 Å². The van der Waals surface area contributed by atoms with Crippen LogP contribution in [-0.4, -0.2) is 25.3 Å². The van der Waals surface area contributed by atoms with Gasteiger partial charge >= 0.3 is 0 Å². The Labute approximate surface area is 72.6 Å². The molecule has 0 saturated carbocycles. The lowest BCUT2D eigenvalue weighted by Crippen LogP contribution is -2.34. The average Bonchev–Trinajstić information content (AvgIpc) is 2.37. The molecular formula is C8H14ClNO. The fourth-order valence-electron chi connectivity index (χ4n) is 1.26. The van der Waals surface area contributed by atoms with Gasteiger partial charge in [-0.3, -0.25) is 0 Å². The number of nitrogens with one attached hydrogen (secondary N) is 1. The van der Waals surface area contributed by atoms with Crippen LogP contribution in [0.4, 0.5) is 0 Å². The van der Waals surface area contributed by atoms with E-state index >= 15 is 0 Å². The van der Waals surface area contributed by atoms with Gasteiger partial charge in [-0.05, 0) is 13.3 Å². The summed E-state index contributed by atoms with van der Waals surface area (Å²) in [5.74, 6) is 0. The van der Waals surface area contributed by atoms with Crippen molar-refractivity contribution < 1.29 is 4.74 Å². The highest BCUT2D eigenvalue weighted by atomic mass is 35.5. The molecule has 0 aliphatic carbocycles. The molecule has 1 rings (SSSR count). The second-order valence-corrected chi connectivity index (χ2v) is 2.99. The van der Waals surface area contributed by atoms with Crippen LogP contribution < -0.4 is 5.32 Å². The Kier molecular flexibility index (Phi) is 3.91. The first kappa shape index (κ1) is 9.04. The van der Waals surface area contributed by atoms with Crippen molar-refractivity contribution in [3.8, 4) is 0 Å². The molecule has 1 saturated heterocycles. The Morgan fingerprint density at radius 1 is 1.73 bits per heavy atom. The third-order valence-electron chi connectivity index (χ3n) is 1.96. The van der Waals surface area contributed by atoms with Gasteiger partial charge in [0.1, 0.15) is 0 Å². The molecule has 11 heavy (non-hydrogen) atoms. The average molecular weight is 176 g/mol. The quantitative estimate of drug-likeness (QED) is 0.702. The van der Waals surface area contributed by atoms with Crippen molar-refractivity contribution in [1.29, 1.82) is 0 Å². The van der Waals surface area contributed by atoms with Crippen LogP contribution in [0.25, 0.3) is 0 Å². The van der Waals surface area contributed by atoms with E-state index in [2.05, 4.69) is 12.2 Å². The molecule has 2 atom stereocenters. The smallest absolute Gasteiger partial charge is 0.0700 e. The van der Waals surface area contributed by atoms with E-state index in [4.69, 9.17) is 16.3 Å². The minimum Gasteiger partial charge on any atom is -0.377 e. The molecule has 0 aromatic heterocycles. The van der Waals surface area contributed by atoms with Gasteiger partial charge in [0.2, 0.25) is 0 Å². The Balaban J connectivity index is 2.15. The molecule has 2 unspecified atom stereocenters. The monoisotopic (exact) mass is 175 g/mol. The van der Waals surface area contributed by atoms with Crippen molar-refractivity contribution in [2.24, 2.45) is 0 Å². The molecule has 1 N–H and O–H groups in total. The lowest BCUT2D eigenvalue weighted by atomic mass is 10.1. The molecule has 0 aromatic carbocycles. The number of hydrogen-bond acceptors (Lipinski definition) is 2. The van der Waals surface area contributed by atoms with Crippen molar-refractivity contribution in [1.82, 2.24) is 5.32 Å². The summed E-state index contributed by atoms with van der Waals surface area (Å²) in [6.07, 6.45) is 3.35.